The maximum atomic E-state index is 5.91. The van der Waals surface area contributed by atoms with Gasteiger partial charge in [-0.05, 0) is 55.8 Å². The molecule has 2 aromatic carbocycles. The van der Waals surface area contributed by atoms with Gasteiger partial charge in [-0.2, -0.15) is 0 Å². The molecule has 4 aromatic rings. The monoisotopic (exact) mass is 342 g/mol. The molecule has 0 saturated carbocycles. The maximum Gasteiger partial charge on any atom is 0.227 e. The van der Waals surface area contributed by atoms with Gasteiger partial charge in [0.2, 0.25) is 5.95 Å². The molecule has 0 aliphatic carbocycles. The SMILES string of the molecule is Cc1ccc(Oc2ccc(Nc3ncc4ccccc4n3)cc2C)cn1. The van der Waals surface area contributed by atoms with Crippen molar-refractivity contribution in [2.75, 3.05) is 5.32 Å². The predicted octanol–water partition coefficient (Wildman–Crippen LogP) is 5.18. The highest BCUT2D eigenvalue weighted by Gasteiger charge is 2.05. The molecular formula is C21H18N4O. The molecule has 1 N–H and O–H groups in total. The molecule has 2 heterocycles. The van der Waals surface area contributed by atoms with Crippen LogP contribution in [0.25, 0.3) is 10.9 Å². The van der Waals surface area contributed by atoms with Crippen molar-refractivity contribution in [3.8, 4) is 11.5 Å². The number of para-hydroxylation sites is 1. The summed E-state index contributed by atoms with van der Waals surface area (Å²) in [4.78, 5) is 13.2. The largest absolute Gasteiger partial charge is 0.455 e. The fourth-order valence-corrected chi connectivity index (χ4v) is 2.64. The highest BCUT2D eigenvalue weighted by atomic mass is 16.5. The molecule has 5 nitrogen and oxygen atoms in total. The van der Waals surface area contributed by atoms with E-state index >= 15 is 0 Å². The molecule has 0 fully saturated rings. The third-order valence-electron chi connectivity index (χ3n) is 4.03. The molecule has 2 aromatic heterocycles. The van der Waals surface area contributed by atoms with Gasteiger partial charge in [0.1, 0.15) is 11.5 Å². The predicted molar refractivity (Wildman–Crippen MR) is 103 cm³/mol. The van der Waals surface area contributed by atoms with Gasteiger partial charge in [-0.15, -0.1) is 0 Å². The van der Waals surface area contributed by atoms with Crippen LogP contribution in [0.5, 0.6) is 11.5 Å². The van der Waals surface area contributed by atoms with Crippen molar-refractivity contribution < 1.29 is 4.74 Å². The van der Waals surface area contributed by atoms with Crippen LogP contribution in [0.3, 0.4) is 0 Å². The summed E-state index contributed by atoms with van der Waals surface area (Å²) in [6.07, 6.45) is 3.54. The fraction of sp³-hybridized carbons (Fsp3) is 0.0952. The Hall–Kier alpha value is -3.47. The van der Waals surface area contributed by atoms with Crippen LogP contribution in [0.2, 0.25) is 0 Å². The van der Waals surface area contributed by atoms with Crippen molar-refractivity contribution in [2.45, 2.75) is 13.8 Å². The topological polar surface area (TPSA) is 59.9 Å². The molecule has 26 heavy (non-hydrogen) atoms. The summed E-state index contributed by atoms with van der Waals surface area (Å²) in [6, 6.07) is 17.6. The van der Waals surface area contributed by atoms with Crippen molar-refractivity contribution in [1.29, 1.82) is 0 Å². The minimum atomic E-state index is 0.569. The Morgan fingerprint density at radius 2 is 1.77 bits per heavy atom. The first-order valence-corrected chi connectivity index (χ1v) is 8.37. The van der Waals surface area contributed by atoms with E-state index in [9.17, 15) is 0 Å². The molecule has 0 atom stereocenters. The Kier molecular flexibility index (Phi) is 4.19. The van der Waals surface area contributed by atoms with Crippen LogP contribution in [0.4, 0.5) is 11.6 Å². The lowest BCUT2D eigenvalue weighted by atomic mass is 10.2. The molecule has 0 radical (unpaired) electrons. The number of nitrogens with zero attached hydrogens (tertiary/aromatic N) is 3. The first-order chi connectivity index (χ1) is 12.7. The summed E-state index contributed by atoms with van der Waals surface area (Å²) >= 11 is 0. The number of hydrogen-bond donors (Lipinski definition) is 1. The van der Waals surface area contributed by atoms with Crippen LogP contribution >= 0.6 is 0 Å². The number of nitrogens with one attached hydrogen (secondary N) is 1. The summed E-state index contributed by atoms with van der Waals surface area (Å²) < 4.78 is 5.91. The summed E-state index contributed by atoms with van der Waals surface area (Å²) in [5.41, 5.74) is 3.79. The van der Waals surface area contributed by atoms with E-state index in [1.54, 1.807) is 6.20 Å². The number of rotatable bonds is 4. The number of aryl methyl sites for hydroxylation is 2. The third-order valence-corrected chi connectivity index (χ3v) is 4.03. The number of ether oxygens (including phenoxy) is 1. The van der Waals surface area contributed by atoms with Crippen LogP contribution in [0.15, 0.2) is 67.0 Å². The summed E-state index contributed by atoms with van der Waals surface area (Å²) in [5, 5.41) is 4.26. The second-order valence-electron chi connectivity index (χ2n) is 6.10. The van der Waals surface area contributed by atoms with Gasteiger partial charge in [0, 0.05) is 23.0 Å². The molecule has 0 unspecified atom stereocenters. The zero-order chi connectivity index (χ0) is 17.9. The Morgan fingerprint density at radius 1 is 0.885 bits per heavy atom. The van der Waals surface area contributed by atoms with Gasteiger partial charge < -0.3 is 10.1 Å². The summed E-state index contributed by atoms with van der Waals surface area (Å²) in [6.45, 7) is 3.95. The van der Waals surface area contributed by atoms with E-state index in [0.29, 0.717) is 5.95 Å². The molecule has 4 rings (SSSR count). The molecule has 0 bridgehead atoms. The highest BCUT2D eigenvalue weighted by molar-refractivity contribution is 5.78. The first-order valence-electron chi connectivity index (χ1n) is 8.37. The minimum Gasteiger partial charge on any atom is -0.455 e. The van der Waals surface area contributed by atoms with Gasteiger partial charge in [0.25, 0.3) is 0 Å². The number of pyridine rings is 1. The quantitative estimate of drug-likeness (QED) is 0.554. The second kappa shape index (κ2) is 6.80. The Balaban J connectivity index is 1.53. The summed E-state index contributed by atoms with van der Waals surface area (Å²) in [5.74, 6) is 2.08. The standard InChI is InChI=1S/C21H18N4O/c1-14-11-17(8-10-20(14)26-18-9-7-15(2)22-13-18)24-21-23-12-16-5-3-4-6-19(16)25-21/h3-13H,1-2H3,(H,23,24,25). The molecular weight excluding hydrogens is 324 g/mol. The fourth-order valence-electron chi connectivity index (χ4n) is 2.64. The van der Waals surface area contributed by atoms with Crippen LogP contribution < -0.4 is 10.1 Å². The number of aromatic nitrogens is 3. The molecule has 0 saturated heterocycles. The molecule has 0 amide bonds. The van der Waals surface area contributed by atoms with Gasteiger partial charge >= 0.3 is 0 Å². The second-order valence-corrected chi connectivity index (χ2v) is 6.10. The van der Waals surface area contributed by atoms with Crippen molar-refractivity contribution in [2.24, 2.45) is 0 Å². The van der Waals surface area contributed by atoms with Crippen LogP contribution in [-0.4, -0.2) is 15.0 Å². The Bertz CT molecular complexity index is 1060. The third kappa shape index (κ3) is 3.47. The van der Waals surface area contributed by atoms with E-state index in [2.05, 4.69) is 20.3 Å². The van der Waals surface area contributed by atoms with E-state index in [-0.39, 0.29) is 0 Å². The molecule has 128 valence electrons. The van der Waals surface area contributed by atoms with Crippen LogP contribution in [0, 0.1) is 13.8 Å². The molecule has 0 aliphatic heterocycles. The zero-order valence-corrected chi connectivity index (χ0v) is 14.6. The van der Waals surface area contributed by atoms with Crippen LogP contribution in [0.1, 0.15) is 11.3 Å². The van der Waals surface area contributed by atoms with Crippen molar-refractivity contribution >= 4 is 22.5 Å². The van der Waals surface area contributed by atoms with Crippen molar-refractivity contribution in [3.05, 3.63) is 78.2 Å². The van der Waals surface area contributed by atoms with Gasteiger partial charge in [-0.3, -0.25) is 4.98 Å². The number of hydrogen-bond acceptors (Lipinski definition) is 5. The van der Waals surface area contributed by atoms with Crippen molar-refractivity contribution in [3.63, 3.8) is 0 Å². The average Bonchev–Trinajstić information content (AvgIpc) is 2.65. The van der Waals surface area contributed by atoms with E-state index in [1.807, 2.05) is 74.6 Å². The van der Waals surface area contributed by atoms with E-state index in [4.69, 9.17) is 4.74 Å². The zero-order valence-electron chi connectivity index (χ0n) is 14.6. The molecule has 0 spiro atoms. The Morgan fingerprint density at radius 3 is 2.58 bits per heavy atom. The van der Waals surface area contributed by atoms with Gasteiger partial charge in [-0.1, -0.05) is 18.2 Å². The molecule has 0 aliphatic rings. The minimum absolute atomic E-state index is 0.569. The van der Waals surface area contributed by atoms with E-state index < -0.39 is 0 Å². The lowest BCUT2D eigenvalue weighted by molar-refractivity contribution is 0.476. The number of fused-ring (bicyclic) bond motifs is 1. The first kappa shape index (κ1) is 16.0. The maximum absolute atomic E-state index is 5.91. The van der Waals surface area contributed by atoms with Crippen LogP contribution in [-0.2, 0) is 0 Å². The lowest BCUT2D eigenvalue weighted by Crippen LogP contribution is -1.98. The van der Waals surface area contributed by atoms with Gasteiger partial charge in [0.05, 0.1) is 11.7 Å². The number of benzene rings is 2. The lowest BCUT2D eigenvalue weighted by Gasteiger charge is -2.11. The van der Waals surface area contributed by atoms with E-state index in [0.717, 1.165) is 39.3 Å². The Labute approximate surface area is 151 Å². The smallest absolute Gasteiger partial charge is 0.227 e. The number of anilines is 2. The average molecular weight is 342 g/mol. The normalized spacial score (nSPS) is 10.7. The van der Waals surface area contributed by atoms with Gasteiger partial charge in [-0.25, -0.2) is 9.97 Å². The van der Waals surface area contributed by atoms with E-state index in [1.165, 1.54) is 0 Å². The van der Waals surface area contributed by atoms with Gasteiger partial charge in [0.15, 0.2) is 0 Å². The van der Waals surface area contributed by atoms with Crippen molar-refractivity contribution in [1.82, 2.24) is 15.0 Å². The summed E-state index contributed by atoms with van der Waals surface area (Å²) in [7, 11) is 0. The molecule has 5 heteroatoms. The highest BCUT2D eigenvalue weighted by Crippen LogP contribution is 2.28.